The Morgan fingerprint density at radius 3 is 2.70 bits per heavy atom. The Bertz CT molecular complexity index is 931. The first-order chi connectivity index (χ1) is 10.9. The second-order valence-electron chi connectivity index (χ2n) is 4.97. The van der Waals surface area contributed by atoms with Gasteiger partial charge < -0.3 is 9.88 Å². The molecule has 1 N–H and O–H groups in total. The summed E-state index contributed by atoms with van der Waals surface area (Å²) in [6, 6.07) is 6.43. The number of H-pyrrole nitrogens is 1. The number of nitrogens with one attached hydrogen (secondary N) is 1. The maximum Gasteiger partial charge on any atom is 0.268 e. The lowest BCUT2D eigenvalue weighted by atomic mass is 10.2. The van der Waals surface area contributed by atoms with Gasteiger partial charge in [0.1, 0.15) is 10.5 Å². The number of hydrogen-bond acceptors (Lipinski definition) is 4. The quantitative estimate of drug-likeness (QED) is 0.769. The third-order valence-corrected chi connectivity index (χ3v) is 4.55. The van der Waals surface area contributed by atoms with E-state index in [4.69, 9.17) is 23.2 Å². The number of carbonyl (C=O) groups is 1. The Morgan fingerprint density at radius 2 is 2.00 bits per heavy atom. The van der Waals surface area contributed by atoms with Crippen LogP contribution < -0.4 is 5.56 Å². The third kappa shape index (κ3) is 3.39. The van der Waals surface area contributed by atoms with Crippen molar-refractivity contribution in [2.45, 2.75) is 6.54 Å². The molecule has 0 aliphatic heterocycles. The van der Waals surface area contributed by atoms with Gasteiger partial charge in [0.15, 0.2) is 0 Å². The maximum absolute atomic E-state index is 12.4. The van der Waals surface area contributed by atoms with Crippen molar-refractivity contribution in [2.24, 2.45) is 0 Å². The molecule has 3 rings (SSSR count). The molecule has 0 saturated carbocycles. The van der Waals surface area contributed by atoms with E-state index in [9.17, 15) is 9.59 Å². The molecular weight excluding hydrogens is 357 g/mol. The van der Waals surface area contributed by atoms with E-state index in [1.165, 1.54) is 16.2 Å². The van der Waals surface area contributed by atoms with Crippen LogP contribution in [0.1, 0.15) is 16.2 Å². The number of nitrogens with zero attached hydrogens (tertiary/aromatic N) is 2. The summed E-state index contributed by atoms with van der Waals surface area (Å²) in [5, 5.41) is 2.58. The fourth-order valence-corrected chi connectivity index (χ4v) is 3.44. The van der Waals surface area contributed by atoms with E-state index in [1.807, 2.05) is 0 Å². The number of halogens is 2. The van der Waals surface area contributed by atoms with Crippen molar-refractivity contribution in [3.05, 3.63) is 61.4 Å². The largest absolute Gasteiger partial charge is 0.334 e. The molecule has 1 aromatic carbocycles. The van der Waals surface area contributed by atoms with E-state index in [2.05, 4.69) is 9.97 Å². The molecule has 0 fully saturated rings. The SMILES string of the molecule is CN(Cc1nc2ccsc2c(=O)[nH]1)C(=O)c1cc(Cl)cc(Cl)c1. The highest BCUT2D eigenvalue weighted by atomic mass is 35.5. The van der Waals surface area contributed by atoms with Crippen LogP contribution in [0.25, 0.3) is 10.2 Å². The normalized spacial score (nSPS) is 10.9. The molecule has 0 radical (unpaired) electrons. The molecule has 118 valence electrons. The molecule has 1 amide bonds. The van der Waals surface area contributed by atoms with Crippen molar-refractivity contribution in [1.82, 2.24) is 14.9 Å². The van der Waals surface area contributed by atoms with Gasteiger partial charge >= 0.3 is 0 Å². The van der Waals surface area contributed by atoms with Crippen LogP contribution >= 0.6 is 34.5 Å². The van der Waals surface area contributed by atoms with Crippen LogP contribution in [0.3, 0.4) is 0 Å². The first-order valence-electron chi connectivity index (χ1n) is 6.62. The average molecular weight is 368 g/mol. The summed E-state index contributed by atoms with van der Waals surface area (Å²) in [5.41, 5.74) is 0.802. The van der Waals surface area contributed by atoms with Gasteiger partial charge in [-0.05, 0) is 29.6 Å². The number of benzene rings is 1. The summed E-state index contributed by atoms with van der Waals surface area (Å²) in [7, 11) is 1.62. The summed E-state index contributed by atoms with van der Waals surface area (Å²) in [5.74, 6) is 0.160. The van der Waals surface area contributed by atoms with Crippen molar-refractivity contribution in [2.75, 3.05) is 7.05 Å². The van der Waals surface area contributed by atoms with E-state index in [-0.39, 0.29) is 18.0 Å². The van der Waals surface area contributed by atoms with Gasteiger partial charge in [-0.25, -0.2) is 4.98 Å². The maximum atomic E-state index is 12.4. The predicted octanol–water partition coefficient (Wildman–Crippen LogP) is 3.56. The van der Waals surface area contributed by atoms with Crippen LogP contribution in [-0.4, -0.2) is 27.8 Å². The fourth-order valence-electron chi connectivity index (χ4n) is 2.19. The molecule has 0 spiro atoms. The molecule has 8 heteroatoms. The number of rotatable bonds is 3. The molecule has 5 nitrogen and oxygen atoms in total. The molecule has 0 atom stereocenters. The summed E-state index contributed by atoms with van der Waals surface area (Å²) in [6.07, 6.45) is 0. The molecule has 23 heavy (non-hydrogen) atoms. The summed E-state index contributed by atoms with van der Waals surface area (Å²) < 4.78 is 0.573. The molecule has 2 heterocycles. The number of amides is 1. The lowest BCUT2D eigenvalue weighted by Gasteiger charge is -2.17. The topological polar surface area (TPSA) is 66.1 Å². The Hall–Kier alpha value is -1.89. The second-order valence-corrected chi connectivity index (χ2v) is 6.76. The lowest BCUT2D eigenvalue weighted by Crippen LogP contribution is -2.28. The number of aromatic amines is 1. The van der Waals surface area contributed by atoms with Crippen LogP contribution in [0.5, 0.6) is 0 Å². The smallest absolute Gasteiger partial charge is 0.268 e. The summed E-state index contributed by atoms with van der Waals surface area (Å²) in [6.45, 7) is 0.171. The molecule has 0 aliphatic carbocycles. The van der Waals surface area contributed by atoms with E-state index >= 15 is 0 Å². The second kappa shape index (κ2) is 6.31. The van der Waals surface area contributed by atoms with E-state index in [0.29, 0.717) is 31.6 Å². The lowest BCUT2D eigenvalue weighted by molar-refractivity contribution is 0.0781. The van der Waals surface area contributed by atoms with Crippen LogP contribution in [0.4, 0.5) is 0 Å². The highest BCUT2D eigenvalue weighted by molar-refractivity contribution is 7.17. The molecule has 3 aromatic rings. The van der Waals surface area contributed by atoms with Crippen molar-refractivity contribution < 1.29 is 4.79 Å². The molecule has 0 unspecified atom stereocenters. The standard InChI is InChI=1S/C15H11Cl2N3O2S/c1-20(15(22)8-4-9(16)6-10(17)5-8)7-12-18-11-2-3-23-13(11)14(21)19-12/h2-6H,7H2,1H3,(H,18,19,21). The highest BCUT2D eigenvalue weighted by Gasteiger charge is 2.15. The van der Waals surface area contributed by atoms with E-state index in [0.717, 1.165) is 0 Å². The van der Waals surface area contributed by atoms with Crippen molar-refractivity contribution in [3.63, 3.8) is 0 Å². The van der Waals surface area contributed by atoms with E-state index in [1.54, 1.807) is 36.7 Å². The van der Waals surface area contributed by atoms with Gasteiger partial charge in [-0.3, -0.25) is 9.59 Å². The summed E-state index contributed by atoms with van der Waals surface area (Å²) >= 11 is 13.2. The first-order valence-corrected chi connectivity index (χ1v) is 8.25. The van der Waals surface area contributed by atoms with Crippen LogP contribution in [0.2, 0.25) is 10.0 Å². The van der Waals surface area contributed by atoms with Crippen molar-refractivity contribution in [3.8, 4) is 0 Å². The van der Waals surface area contributed by atoms with E-state index < -0.39 is 0 Å². The van der Waals surface area contributed by atoms with Crippen LogP contribution in [-0.2, 0) is 6.54 Å². The zero-order valence-corrected chi connectivity index (χ0v) is 14.3. The minimum absolute atomic E-state index is 0.171. The minimum atomic E-state index is -0.262. The monoisotopic (exact) mass is 367 g/mol. The van der Waals surface area contributed by atoms with Gasteiger partial charge in [0.2, 0.25) is 0 Å². The summed E-state index contributed by atoms with van der Waals surface area (Å²) in [4.78, 5) is 32.9. The third-order valence-electron chi connectivity index (χ3n) is 3.21. The Labute approximate surface area is 145 Å². The van der Waals surface area contributed by atoms with Crippen molar-refractivity contribution in [1.29, 1.82) is 0 Å². The van der Waals surface area contributed by atoms with Gasteiger partial charge in [0, 0.05) is 22.7 Å². The van der Waals surface area contributed by atoms with Gasteiger partial charge in [-0.15, -0.1) is 11.3 Å². The van der Waals surface area contributed by atoms with Gasteiger partial charge in [-0.2, -0.15) is 0 Å². The number of fused-ring (bicyclic) bond motifs is 1. The number of carbonyl (C=O) groups excluding carboxylic acids is 1. The van der Waals surface area contributed by atoms with Gasteiger partial charge in [0.05, 0.1) is 12.1 Å². The Morgan fingerprint density at radius 1 is 1.30 bits per heavy atom. The fraction of sp³-hybridized carbons (Fsp3) is 0.133. The molecule has 0 saturated heterocycles. The number of thiophene rings is 1. The molecule has 0 aliphatic rings. The Balaban J connectivity index is 1.86. The average Bonchev–Trinajstić information content (AvgIpc) is 2.94. The predicted molar refractivity (Wildman–Crippen MR) is 92.5 cm³/mol. The van der Waals surface area contributed by atoms with Gasteiger partial charge in [-0.1, -0.05) is 23.2 Å². The molecule has 2 aromatic heterocycles. The molecular formula is C15H11Cl2N3O2S. The number of aromatic nitrogens is 2. The van der Waals surface area contributed by atoms with Gasteiger partial charge in [0.25, 0.3) is 11.5 Å². The van der Waals surface area contributed by atoms with Crippen LogP contribution in [0, 0.1) is 0 Å². The highest BCUT2D eigenvalue weighted by Crippen LogP contribution is 2.20. The van der Waals surface area contributed by atoms with Crippen LogP contribution in [0.15, 0.2) is 34.4 Å². The minimum Gasteiger partial charge on any atom is -0.334 e. The molecule has 0 bridgehead atoms. The first kappa shape index (κ1) is 16.0. The van der Waals surface area contributed by atoms with Crippen molar-refractivity contribution >= 4 is 50.7 Å². The number of hydrogen-bond donors (Lipinski definition) is 1. The zero-order chi connectivity index (χ0) is 16.6. The zero-order valence-electron chi connectivity index (χ0n) is 12.0. The Kier molecular flexibility index (Phi) is 4.39.